The Morgan fingerprint density at radius 3 is 2.27 bits per heavy atom. The van der Waals surface area contributed by atoms with Crippen LogP contribution in [0.15, 0.2) is 24.3 Å². The van der Waals surface area contributed by atoms with Gasteiger partial charge in [0, 0.05) is 43.6 Å². The number of nitrogen functional groups attached to an aromatic ring is 1. The quantitative estimate of drug-likeness (QED) is 0.731. The molecule has 2 aromatic rings. The summed E-state index contributed by atoms with van der Waals surface area (Å²) in [6.07, 6.45) is 8.47. The van der Waals surface area contributed by atoms with Gasteiger partial charge in [0.05, 0.1) is 0 Å². The minimum atomic E-state index is 0.315. The first-order valence-corrected chi connectivity index (χ1v) is 9.82. The zero-order chi connectivity index (χ0) is 17.8. The highest BCUT2D eigenvalue weighted by molar-refractivity contribution is 5.59. The minimum Gasteiger partial charge on any atom is -0.369 e. The van der Waals surface area contributed by atoms with E-state index in [2.05, 4.69) is 54.6 Å². The van der Waals surface area contributed by atoms with Crippen molar-refractivity contribution in [3.05, 3.63) is 24.3 Å². The fraction of sp³-hybridized carbons (Fsp3) is 0.579. The Morgan fingerprint density at radius 2 is 1.65 bits per heavy atom. The molecule has 1 aliphatic heterocycles. The van der Waals surface area contributed by atoms with Gasteiger partial charge in [0.1, 0.15) is 0 Å². The highest BCUT2D eigenvalue weighted by atomic mass is 15.3. The maximum atomic E-state index is 5.55. The molecule has 4 rings (SSSR count). The molecule has 1 aliphatic carbocycles. The van der Waals surface area contributed by atoms with Crippen molar-refractivity contribution in [2.45, 2.75) is 44.6 Å². The number of nitrogens with zero attached hydrogens (tertiary/aromatic N) is 4. The van der Waals surface area contributed by atoms with Crippen molar-refractivity contribution in [1.29, 1.82) is 0 Å². The van der Waals surface area contributed by atoms with Gasteiger partial charge in [-0.05, 0) is 37.1 Å². The average Bonchev–Trinajstić information content (AvgIpc) is 2.92. The number of hydrogen-bond acceptors (Lipinski definition) is 6. The molecular weight excluding hydrogens is 326 g/mol. The number of anilines is 4. The largest absolute Gasteiger partial charge is 0.369 e. The summed E-state index contributed by atoms with van der Waals surface area (Å²) >= 11 is 0. The Labute approximate surface area is 155 Å². The standard InChI is InChI=1S/C19H29N7/c20-18-22-19(24-23-18)21-15-7-9-17(10-8-15)26-13-11-25(12-14-26)16-5-3-1-2-4-6-16/h7-10,16H,1-6,11-14H2,(H4,20,21,22,23,24). The molecule has 1 aromatic carbocycles. The Kier molecular flexibility index (Phi) is 5.24. The molecule has 7 heteroatoms. The third-order valence-electron chi connectivity index (χ3n) is 5.65. The van der Waals surface area contributed by atoms with Crippen LogP contribution in [-0.4, -0.2) is 52.3 Å². The number of aromatic amines is 1. The molecule has 0 atom stereocenters. The first kappa shape index (κ1) is 17.1. The first-order valence-electron chi connectivity index (χ1n) is 9.82. The molecule has 2 fully saturated rings. The van der Waals surface area contributed by atoms with E-state index < -0.39 is 0 Å². The monoisotopic (exact) mass is 355 g/mol. The summed E-state index contributed by atoms with van der Waals surface area (Å²) in [6.45, 7) is 4.59. The van der Waals surface area contributed by atoms with Gasteiger partial charge in [-0.2, -0.15) is 4.98 Å². The fourth-order valence-electron chi connectivity index (χ4n) is 4.18. The van der Waals surface area contributed by atoms with Gasteiger partial charge in [0.15, 0.2) is 0 Å². The third-order valence-corrected chi connectivity index (χ3v) is 5.65. The maximum Gasteiger partial charge on any atom is 0.248 e. The Bertz CT molecular complexity index is 680. The van der Waals surface area contributed by atoms with Crippen molar-refractivity contribution in [1.82, 2.24) is 20.1 Å². The molecule has 0 spiro atoms. The lowest BCUT2D eigenvalue weighted by Crippen LogP contribution is -2.50. The van der Waals surface area contributed by atoms with Crippen molar-refractivity contribution in [2.75, 3.05) is 42.1 Å². The summed E-state index contributed by atoms with van der Waals surface area (Å²) in [7, 11) is 0. The van der Waals surface area contributed by atoms with E-state index in [1.165, 1.54) is 57.3 Å². The number of nitrogens with one attached hydrogen (secondary N) is 2. The molecule has 0 amide bonds. The second kappa shape index (κ2) is 7.95. The van der Waals surface area contributed by atoms with Crippen molar-refractivity contribution in [3.63, 3.8) is 0 Å². The van der Waals surface area contributed by atoms with Crippen LogP contribution in [0.4, 0.5) is 23.3 Å². The van der Waals surface area contributed by atoms with Crippen LogP contribution >= 0.6 is 0 Å². The molecule has 1 aromatic heterocycles. The van der Waals surface area contributed by atoms with Gasteiger partial charge in [0.2, 0.25) is 11.9 Å². The van der Waals surface area contributed by atoms with E-state index in [9.17, 15) is 0 Å². The van der Waals surface area contributed by atoms with E-state index in [0.717, 1.165) is 24.8 Å². The van der Waals surface area contributed by atoms with Crippen LogP contribution < -0.4 is 16.0 Å². The van der Waals surface area contributed by atoms with E-state index in [0.29, 0.717) is 11.9 Å². The lowest BCUT2D eigenvalue weighted by Gasteiger charge is -2.40. The van der Waals surface area contributed by atoms with Crippen LogP contribution in [0.1, 0.15) is 38.5 Å². The predicted octanol–water partition coefficient (Wildman–Crippen LogP) is 2.98. The van der Waals surface area contributed by atoms with Crippen LogP contribution in [-0.2, 0) is 0 Å². The summed E-state index contributed by atoms with van der Waals surface area (Å²) in [6, 6.07) is 9.29. The Hall–Kier alpha value is -2.28. The van der Waals surface area contributed by atoms with Crippen molar-refractivity contribution >= 4 is 23.3 Å². The second-order valence-electron chi connectivity index (χ2n) is 7.38. The van der Waals surface area contributed by atoms with Gasteiger partial charge in [-0.25, -0.2) is 5.10 Å². The molecule has 0 unspecified atom stereocenters. The molecule has 0 bridgehead atoms. The topological polar surface area (TPSA) is 86.1 Å². The van der Waals surface area contributed by atoms with E-state index in [1.807, 2.05) is 0 Å². The first-order chi connectivity index (χ1) is 12.8. The Balaban J connectivity index is 1.31. The molecule has 140 valence electrons. The molecule has 7 nitrogen and oxygen atoms in total. The van der Waals surface area contributed by atoms with E-state index in [1.54, 1.807) is 0 Å². The van der Waals surface area contributed by atoms with Gasteiger partial charge in [-0.3, -0.25) is 4.90 Å². The van der Waals surface area contributed by atoms with Crippen LogP contribution in [0, 0.1) is 0 Å². The number of piperazine rings is 1. The van der Waals surface area contributed by atoms with E-state index in [4.69, 9.17) is 5.73 Å². The fourth-order valence-corrected chi connectivity index (χ4v) is 4.18. The summed E-state index contributed by atoms with van der Waals surface area (Å²) < 4.78 is 0. The number of H-pyrrole nitrogens is 1. The molecule has 2 aliphatic rings. The minimum absolute atomic E-state index is 0.315. The van der Waals surface area contributed by atoms with Crippen LogP contribution in [0.5, 0.6) is 0 Å². The maximum absolute atomic E-state index is 5.55. The number of aromatic nitrogens is 3. The highest BCUT2D eigenvalue weighted by Gasteiger charge is 2.24. The molecule has 26 heavy (non-hydrogen) atoms. The van der Waals surface area contributed by atoms with Crippen LogP contribution in [0.3, 0.4) is 0 Å². The van der Waals surface area contributed by atoms with Gasteiger partial charge in [-0.1, -0.05) is 25.7 Å². The molecule has 2 heterocycles. The lowest BCUT2D eigenvalue weighted by molar-refractivity contribution is 0.169. The average molecular weight is 355 g/mol. The van der Waals surface area contributed by atoms with E-state index in [-0.39, 0.29) is 0 Å². The number of nitrogens with two attached hydrogens (primary N) is 1. The molecule has 1 saturated carbocycles. The van der Waals surface area contributed by atoms with Crippen molar-refractivity contribution < 1.29 is 0 Å². The van der Waals surface area contributed by atoms with Gasteiger partial charge < -0.3 is 16.0 Å². The van der Waals surface area contributed by atoms with Gasteiger partial charge >= 0.3 is 0 Å². The normalized spacial score (nSPS) is 20.1. The zero-order valence-corrected chi connectivity index (χ0v) is 15.3. The molecular formula is C19H29N7. The SMILES string of the molecule is Nc1nc(Nc2ccc(N3CCN(C4CCCCCC4)CC3)cc2)n[nH]1. The number of benzene rings is 1. The highest BCUT2D eigenvalue weighted by Crippen LogP contribution is 2.25. The van der Waals surface area contributed by atoms with Gasteiger partial charge in [0.25, 0.3) is 0 Å². The Morgan fingerprint density at radius 1 is 0.962 bits per heavy atom. The van der Waals surface area contributed by atoms with E-state index >= 15 is 0 Å². The summed E-state index contributed by atoms with van der Waals surface area (Å²) in [5.74, 6) is 0.808. The van der Waals surface area contributed by atoms with Crippen LogP contribution in [0.25, 0.3) is 0 Å². The number of rotatable bonds is 4. The summed E-state index contributed by atoms with van der Waals surface area (Å²) in [5, 5.41) is 9.77. The third kappa shape index (κ3) is 4.09. The smallest absolute Gasteiger partial charge is 0.248 e. The second-order valence-corrected chi connectivity index (χ2v) is 7.38. The number of hydrogen-bond donors (Lipinski definition) is 3. The molecule has 1 saturated heterocycles. The van der Waals surface area contributed by atoms with Gasteiger partial charge in [-0.15, -0.1) is 5.10 Å². The van der Waals surface area contributed by atoms with Crippen molar-refractivity contribution in [2.24, 2.45) is 0 Å². The van der Waals surface area contributed by atoms with Crippen LogP contribution in [0.2, 0.25) is 0 Å². The predicted molar refractivity (Wildman–Crippen MR) is 106 cm³/mol. The summed E-state index contributed by atoms with van der Waals surface area (Å²) in [5.41, 5.74) is 7.79. The molecule has 0 radical (unpaired) electrons. The lowest BCUT2D eigenvalue weighted by atomic mass is 10.1. The zero-order valence-electron chi connectivity index (χ0n) is 15.3. The summed E-state index contributed by atoms with van der Waals surface area (Å²) in [4.78, 5) is 9.28. The van der Waals surface area contributed by atoms with Crippen molar-refractivity contribution in [3.8, 4) is 0 Å². The molecule has 4 N–H and O–H groups in total.